The summed E-state index contributed by atoms with van der Waals surface area (Å²) >= 11 is 0. The van der Waals surface area contributed by atoms with E-state index < -0.39 is 73.9 Å². The molecule has 0 radical (unpaired) electrons. The molecule has 252 valence electrons. The Morgan fingerprint density at radius 1 is 1.21 bits per heavy atom. The van der Waals surface area contributed by atoms with E-state index in [9.17, 15) is 32.7 Å². The molecule has 2 aliphatic carbocycles. The fourth-order valence-electron chi connectivity index (χ4n) is 6.15. The minimum absolute atomic E-state index is 0.0175. The highest BCUT2D eigenvalue weighted by atomic mass is 32.2. The Morgan fingerprint density at radius 3 is 2.53 bits per heavy atom. The molecule has 1 saturated heterocycles. The molecule has 2 saturated carbocycles. The number of carbonyl (C=O) groups excluding carboxylic acids is 4. The van der Waals surface area contributed by atoms with Crippen LogP contribution in [-0.4, -0.2) is 89.6 Å². The van der Waals surface area contributed by atoms with Crippen LogP contribution in [0.4, 0.5) is 0 Å². The Morgan fingerprint density at radius 2 is 1.94 bits per heavy atom. The van der Waals surface area contributed by atoms with E-state index in [0.29, 0.717) is 24.0 Å². The molecule has 0 spiro atoms. The monoisotopic (exact) mass is 668 g/mol. The van der Waals surface area contributed by atoms with Crippen molar-refractivity contribution in [3.63, 3.8) is 0 Å². The number of nitrogens with one attached hydrogen (secondary N) is 2. The normalized spacial score (nSPS) is 24.6. The first kappa shape index (κ1) is 34.0. The van der Waals surface area contributed by atoms with Crippen LogP contribution in [0, 0.1) is 11.3 Å². The number of allylic oxidation sites excluding steroid dienone is 1. The number of likely N-dealkylation sites (tertiary alicyclic amines) is 1. The Bertz CT molecular complexity index is 1730. The Labute approximate surface area is 273 Å². The van der Waals surface area contributed by atoms with Crippen molar-refractivity contribution in [1.82, 2.24) is 19.9 Å². The van der Waals surface area contributed by atoms with Gasteiger partial charge in [-0.05, 0) is 74.8 Å². The van der Waals surface area contributed by atoms with Gasteiger partial charge in [0, 0.05) is 24.4 Å². The molecule has 3 fully saturated rings. The van der Waals surface area contributed by atoms with Gasteiger partial charge in [-0.2, -0.15) is 0 Å². The van der Waals surface area contributed by atoms with Gasteiger partial charge >= 0.3 is 0 Å². The Balaban J connectivity index is 1.44. The van der Waals surface area contributed by atoms with E-state index in [1.54, 1.807) is 31.5 Å². The molecule has 1 aromatic carbocycles. The number of carbonyl (C=O) groups is 4. The summed E-state index contributed by atoms with van der Waals surface area (Å²) in [7, 11) is -2.31. The smallest absolute Gasteiger partial charge is 0.248 e. The first-order chi connectivity index (χ1) is 22.1. The largest absolute Gasteiger partial charge is 0.497 e. The van der Waals surface area contributed by atoms with Crippen molar-refractivity contribution < 1.29 is 42.2 Å². The lowest BCUT2D eigenvalue weighted by Gasteiger charge is -2.34. The maximum atomic E-state index is 14.1. The number of ketones is 1. The van der Waals surface area contributed by atoms with E-state index in [2.05, 4.69) is 28.2 Å². The second-order valence-electron chi connectivity index (χ2n) is 13.0. The van der Waals surface area contributed by atoms with Gasteiger partial charge < -0.3 is 24.8 Å². The minimum atomic E-state index is -3.87. The van der Waals surface area contributed by atoms with Crippen LogP contribution in [0.3, 0.4) is 0 Å². The zero-order chi connectivity index (χ0) is 34.3. The summed E-state index contributed by atoms with van der Waals surface area (Å²) < 4.78 is 39.0. The maximum Gasteiger partial charge on any atom is 0.248 e. The molecular formula is C33H40N4O9S. The highest BCUT2D eigenvalue weighted by molar-refractivity contribution is 7.90. The molecular weight excluding hydrogens is 628 g/mol. The number of nitrogens with zero attached hydrogens (tertiary/aromatic N) is 2. The van der Waals surface area contributed by atoms with Crippen LogP contribution in [0.5, 0.6) is 11.6 Å². The molecule has 1 aliphatic heterocycles. The van der Waals surface area contributed by atoms with Gasteiger partial charge in [0.25, 0.3) is 0 Å². The van der Waals surface area contributed by atoms with Crippen molar-refractivity contribution in [3.05, 3.63) is 55.8 Å². The van der Waals surface area contributed by atoms with Gasteiger partial charge in [0.1, 0.15) is 17.9 Å². The van der Waals surface area contributed by atoms with Gasteiger partial charge in [-0.1, -0.05) is 12.7 Å². The third-order valence-corrected chi connectivity index (χ3v) is 10.9. The maximum absolute atomic E-state index is 14.1. The molecule has 47 heavy (non-hydrogen) atoms. The number of rotatable bonds is 14. The minimum Gasteiger partial charge on any atom is -0.497 e. The van der Waals surface area contributed by atoms with E-state index in [0.717, 1.165) is 11.5 Å². The number of benzene rings is 1. The lowest BCUT2D eigenvalue weighted by atomic mass is 9.91. The molecule has 13 nitrogen and oxygen atoms in total. The molecule has 14 heteroatoms. The first-order valence-corrected chi connectivity index (χ1v) is 16.9. The number of fused-ring (bicyclic) bond motifs is 1. The number of ether oxygens (including phenoxy) is 2. The molecule has 3 N–H and O–H groups in total. The third kappa shape index (κ3) is 7.03. The summed E-state index contributed by atoms with van der Waals surface area (Å²) in [6.07, 6.45) is 4.13. The number of sulfonamides is 1. The van der Waals surface area contributed by atoms with E-state index in [1.165, 1.54) is 24.8 Å². The number of hydrogen-bond donors (Lipinski definition) is 3. The van der Waals surface area contributed by atoms with Gasteiger partial charge in [0.05, 0.1) is 36.0 Å². The summed E-state index contributed by atoms with van der Waals surface area (Å²) in [6, 6.07) is 4.57. The van der Waals surface area contributed by atoms with Crippen LogP contribution >= 0.6 is 0 Å². The van der Waals surface area contributed by atoms with Crippen LogP contribution in [0.2, 0.25) is 0 Å². The van der Waals surface area contributed by atoms with E-state index in [-0.39, 0.29) is 31.7 Å². The molecule has 3 amide bonds. The first-order valence-electron chi connectivity index (χ1n) is 15.4. The van der Waals surface area contributed by atoms with Crippen LogP contribution in [-0.2, 0) is 29.2 Å². The molecule has 3 aliphatic rings. The van der Waals surface area contributed by atoms with Gasteiger partial charge in [0.2, 0.25) is 33.6 Å². The number of amides is 3. The lowest BCUT2D eigenvalue weighted by Crippen LogP contribution is -2.60. The predicted molar refractivity (Wildman–Crippen MR) is 172 cm³/mol. The summed E-state index contributed by atoms with van der Waals surface area (Å²) in [4.78, 5) is 59.4. The fraction of sp³-hybridized carbons (Fsp3) is 0.485. The predicted octanol–water partition coefficient (Wildman–Crippen LogP) is 1.79. The van der Waals surface area contributed by atoms with Crippen molar-refractivity contribution in [3.8, 4) is 11.6 Å². The highest BCUT2D eigenvalue weighted by Crippen LogP contribution is 2.57. The topological polar surface area (TPSA) is 181 Å². The van der Waals surface area contributed by atoms with Gasteiger partial charge in [-0.3, -0.25) is 23.9 Å². The van der Waals surface area contributed by atoms with Crippen molar-refractivity contribution >= 4 is 44.3 Å². The lowest BCUT2D eigenvalue weighted by molar-refractivity contribution is -0.146. The SMILES string of the molecule is C=CC(=O)N[C@@H](C(=O)N1C[C@H](Oc2nccc3cc(OC)ccc23)C[C@H]1C(=O)C[C@]1(C(=O)NS(=O)(=O)C2CC2)C[C@H]1C=C)C(C)(C)O. The number of methoxy groups -OCH3 is 1. The average molecular weight is 669 g/mol. The van der Waals surface area contributed by atoms with Crippen LogP contribution < -0.4 is 19.5 Å². The second-order valence-corrected chi connectivity index (χ2v) is 15.0. The quantitative estimate of drug-likeness (QED) is 0.198. The van der Waals surface area contributed by atoms with Gasteiger partial charge in [0.15, 0.2) is 5.78 Å². The molecule has 2 heterocycles. The van der Waals surface area contributed by atoms with Crippen LogP contribution in [0.1, 0.15) is 46.0 Å². The molecule has 0 unspecified atom stereocenters. The summed E-state index contributed by atoms with van der Waals surface area (Å²) in [6.45, 7) is 9.78. The number of aliphatic hydroxyl groups is 1. The van der Waals surface area contributed by atoms with Crippen LogP contribution in [0.15, 0.2) is 55.8 Å². The molecule has 2 aromatic rings. The molecule has 1 aromatic heterocycles. The Hall–Kier alpha value is -4.30. The van der Waals surface area contributed by atoms with Gasteiger partial charge in [-0.25, -0.2) is 13.4 Å². The highest BCUT2D eigenvalue weighted by Gasteiger charge is 2.61. The van der Waals surface area contributed by atoms with Crippen LogP contribution in [0.25, 0.3) is 10.8 Å². The Kier molecular flexibility index (Phi) is 9.21. The number of aromatic nitrogens is 1. The standard InChI is InChI=1S/C33H40N4O9S/c1-6-20-16-33(20,31(41)36-47(43,44)23-9-10-23)17-26(38)25-15-22(18-37(25)30(40)28(32(3,4)42)35-27(39)7-2)46-29-24-11-8-21(45-5)14-19(24)12-13-34-29/h6-8,11-14,20,22-23,25,28,42H,1-2,9-10,15-18H2,3-5H3,(H,35,39)(H,36,41)/t20-,22-,25+,28+,33-/m1/s1. The van der Waals surface area contributed by atoms with E-state index in [1.807, 2.05) is 6.07 Å². The number of Topliss-reactive ketones (excluding diaryl/α,β-unsaturated/α-hetero) is 1. The molecule has 5 rings (SSSR count). The average Bonchev–Trinajstić information content (AvgIpc) is 3.95. The number of hydrogen-bond acceptors (Lipinski definition) is 10. The zero-order valence-corrected chi connectivity index (χ0v) is 27.4. The molecule has 5 atom stereocenters. The zero-order valence-electron chi connectivity index (χ0n) is 26.6. The van der Waals surface area contributed by atoms with Crippen molar-refractivity contribution in [2.75, 3.05) is 13.7 Å². The summed E-state index contributed by atoms with van der Waals surface area (Å²) in [5.74, 6) is -2.23. The van der Waals surface area contributed by atoms with Crippen molar-refractivity contribution in [2.24, 2.45) is 11.3 Å². The molecule has 0 bridgehead atoms. The number of pyridine rings is 1. The van der Waals surface area contributed by atoms with Gasteiger partial charge in [-0.15, -0.1) is 6.58 Å². The van der Waals surface area contributed by atoms with E-state index in [4.69, 9.17) is 9.47 Å². The third-order valence-electron chi connectivity index (χ3n) is 9.11. The summed E-state index contributed by atoms with van der Waals surface area (Å²) in [5, 5.41) is 14.2. The van der Waals surface area contributed by atoms with Crippen molar-refractivity contribution in [1.29, 1.82) is 0 Å². The summed E-state index contributed by atoms with van der Waals surface area (Å²) in [5.41, 5.74) is -3.07. The second kappa shape index (κ2) is 12.7. The fourth-order valence-corrected chi connectivity index (χ4v) is 7.54. The van der Waals surface area contributed by atoms with Crippen molar-refractivity contribution in [2.45, 2.75) is 75.0 Å². The van der Waals surface area contributed by atoms with E-state index >= 15 is 0 Å².